The van der Waals surface area contributed by atoms with Crippen LogP contribution in [0.2, 0.25) is 0 Å². The second kappa shape index (κ2) is 9.04. The first kappa shape index (κ1) is 14.0. The van der Waals surface area contributed by atoms with Crippen LogP contribution in [-0.2, 0) is 0 Å². The summed E-state index contributed by atoms with van der Waals surface area (Å²) >= 11 is 0. The summed E-state index contributed by atoms with van der Waals surface area (Å²) in [7, 11) is 0. The van der Waals surface area contributed by atoms with Crippen LogP contribution in [0.15, 0.2) is 0 Å². The van der Waals surface area contributed by atoms with Crippen LogP contribution in [0.25, 0.3) is 0 Å². The van der Waals surface area contributed by atoms with E-state index in [-0.39, 0.29) is 0 Å². The molecule has 0 amide bonds. The summed E-state index contributed by atoms with van der Waals surface area (Å²) in [5.41, 5.74) is 0. The van der Waals surface area contributed by atoms with Crippen LogP contribution in [0.3, 0.4) is 0 Å². The van der Waals surface area contributed by atoms with E-state index >= 15 is 0 Å². The first-order valence-corrected chi connectivity index (χ1v) is 7.61. The van der Waals surface area contributed by atoms with Crippen molar-refractivity contribution in [3.63, 3.8) is 0 Å². The average Bonchev–Trinajstić information content (AvgIpc) is 2.82. The zero-order valence-electron chi connectivity index (χ0n) is 11.4. The predicted octanol–water partition coefficient (Wildman–Crippen LogP) is 4.52. The first-order chi connectivity index (χ1) is 7.88. The van der Waals surface area contributed by atoms with E-state index in [1.807, 2.05) is 0 Å². The molecule has 1 saturated heterocycles. The molecule has 2 unspecified atom stereocenters. The number of nitrogens with one attached hydrogen (secondary N) is 1. The van der Waals surface area contributed by atoms with Crippen molar-refractivity contribution in [2.75, 3.05) is 6.54 Å². The molecule has 0 aromatic carbocycles. The van der Waals surface area contributed by atoms with Crippen molar-refractivity contribution < 1.29 is 0 Å². The molecule has 1 fully saturated rings. The molecule has 1 heterocycles. The quantitative estimate of drug-likeness (QED) is 0.569. The van der Waals surface area contributed by atoms with Gasteiger partial charge in [-0.25, -0.2) is 0 Å². The second-order valence-corrected chi connectivity index (χ2v) is 5.45. The van der Waals surface area contributed by atoms with Crippen molar-refractivity contribution in [2.45, 2.75) is 84.1 Å². The molecule has 1 aliphatic heterocycles. The Morgan fingerprint density at radius 2 is 1.75 bits per heavy atom. The van der Waals surface area contributed by atoms with Gasteiger partial charge in [-0.2, -0.15) is 0 Å². The maximum atomic E-state index is 3.71. The zero-order chi connectivity index (χ0) is 11.6. The van der Waals surface area contributed by atoms with Gasteiger partial charge in [0.2, 0.25) is 0 Å². The van der Waals surface area contributed by atoms with Gasteiger partial charge in [-0.15, -0.1) is 0 Å². The smallest absolute Gasteiger partial charge is 0.00957 e. The van der Waals surface area contributed by atoms with Crippen LogP contribution in [0.4, 0.5) is 0 Å². The minimum absolute atomic E-state index is 0.855. The maximum absolute atomic E-state index is 3.71. The van der Waals surface area contributed by atoms with Gasteiger partial charge in [0.15, 0.2) is 0 Å². The maximum Gasteiger partial charge on any atom is 0.00957 e. The lowest BCUT2D eigenvalue weighted by Crippen LogP contribution is -2.30. The Balaban J connectivity index is 2.19. The van der Waals surface area contributed by atoms with Crippen molar-refractivity contribution in [2.24, 2.45) is 5.92 Å². The molecule has 0 spiro atoms. The molecular weight excluding hydrogens is 194 g/mol. The predicted molar refractivity (Wildman–Crippen MR) is 72.8 cm³/mol. The minimum atomic E-state index is 0.855. The molecular formula is C15H31N. The standard InChI is InChI=1S/C15H31N/c1-3-5-7-8-11-14(10-6-4-2)15-12-9-13-16-15/h14-16H,3-13H2,1-2H3. The highest BCUT2D eigenvalue weighted by Gasteiger charge is 2.23. The molecule has 0 radical (unpaired) electrons. The largest absolute Gasteiger partial charge is 0.314 e. The summed E-state index contributed by atoms with van der Waals surface area (Å²) in [4.78, 5) is 0. The van der Waals surface area contributed by atoms with Gasteiger partial charge in [-0.1, -0.05) is 52.4 Å². The second-order valence-electron chi connectivity index (χ2n) is 5.45. The molecule has 0 aromatic rings. The van der Waals surface area contributed by atoms with Gasteiger partial charge in [0.1, 0.15) is 0 Å². The topological polar surface area (TPSA) is 12.0 Å². The van der Waals surface area contributed by atoms with E-state index in [1.165, 1.54) is 70.8 Å². The lowest BCUT2D eigenvalue weighted by molar-refractivity contribution is 0.324. The molecule has 0 bridgehead atoms. The Kier molecular flexibility index (Phi) is 7.92. The normalized spacial score (nSPS) is 22.5. The molecule has 2 atom stereocenters. The average molecular weight is 225 g/mol. The number of unbranched alkanes of at least 4 members (excludes halogenated alkanes) is 4. The number of hydrogen-bond donors (Lipinski definition) is 1. The third kappa shape index (κ3) is 5.34. The SMILES string of the molecule is CCCCCCC(CCCC)C1CCCN1. The van der Waals surface area contributed by atoms with Crippen LogP contribution >= 0.6 is 0 Å². The molecule has 1 heteroatoms. The Hall–Kier alpha value is -0.0400. The van der Waals surface area contributed by atoms with Crippen LogP contribution in [0.5, 0.6) is 0 Å². The van der Waals surface area contributed by atoms with Crippen molar-refractivity contribution >= 4 is 0 Å². The molecule has 0 aliphatic carbocycles. The van der Waals surface area contributed by atoms with Gasteiger partial charge in [0.25, 0.3) is 0 Å². The number of hydrogen-bond acceptors (Lipinski definition) is 1. The summed E-state index contributed by atoms with van der Waals surface area (Å²) in [6.45, 7) is 5.88. The van der Waals surface area contributed by atoms with E-state index in [2.05, 4.69) is 19.2 Å². The Labute approximate surface area is 102 Å². The van der Waals surface area contributed by atoms with E-state index in [4.69, 9.17) is 0 Å². The van der Waals surface area contributed by atoms with E-state index in [0.717, 1.165) is 12.0 Å². The molecule has 0 aromatic heterocycles. The summed E-state index contributed by atoms with van der Waals surface area (Å²) in [6.07, 6.45) is 14.3. The monoisotopic (exact) mass is 225 g/mol. The van der Waals surface area contributed by atoms with Gasteiger partial charge >= 0.3 is 0 Å². The van der Waals surface area contributed by atoms with E-state index in [9.17, 15) is 0 Å². The molecule has 1 nitrogen and oxygen atoms in total. The van der Waals surface area contributed by atoms with E-state index in [0.29, 0.717) is 0 Å². The van der Waals surface area contributed by atoms with E-state index < -0.39 is 0 Å². The molecule has 1 N–H and O–H groups in total. The molecule has 1 aliphatic rings. The van der Waals surface area contributed by atoms with Crippen LogP contribution in [0, 0.1) is 5.92 Å². The van der Waals surface area contributed by atoms with Crippen molar-refractivity contribution in [3.8, 4) is 0 Å². The van der Waals surface area contributed by atoms with Gasteiger partial charge in [0, 0.05) is 6.04 Å². The minimum Gasteiger partial charge on any atom is -0.314 e. The molecule has 96 valence electrons. The fraction of sp³-hybridized carbons (Fsp3) is 1.00. The van der Waals surface area contributed by atoms with Crippen molar-refractivity contribution in [3.05, 3.63) is 0 Å². The highest BCUT2D eigenvalue weighted by atomic mass is 14.9. The molecule has 0 saturated carbocycles. The van der Waals surface area contributed by atoms with Crippen molar-refractivity contribution in [1.82, 2.24) is 5.32 Å². The van der Waals surface area contributed by atoms with Crippen LogP contribution in [-0.4, -0.2) is 12.6 Å². The summed E-state index contributed by atoms with van der Waals surface area (Å²) in [5, 5.41) is 3.71. The first-order valence-electron chi connectivity index (χ1n) is 7.61. The third-order valence-electron chi connectivity index (χ3n) is 4.02. The summed E-state index contributed by atoms with van der Waals surface area (Å²) in [5.74, 6) is 0.972. The van der Waals surface area contributed by atoms with Crippen molar-refractivity contribution in [1.29, 1.82) is 0 Å². The highest BCUT2D eigenvalue weighted by molar-refractivity contribution is 4.81. The zero-order valence-corrected chi connectivity index (χ0v) is 11.4. The fourth-order valence-electron chi connectivity index (χ4n) is 2.96. The molecule has 1 rings (SSSR count). The third-order valence-corrected chi connectivity index (χ3v) is 4.02. The van der Waals surface area contributed by atoms with Gasteiger partial charge in [-0.3, -0.25) is 0 Å². The Morgan fingerprint density at radius 3 is 2.38 bits per heavy atom. The van der Waals surface area contributed by atoms with Crippen LogP contribution in [0.1, 0.15) is 78.1 Å². The Bertz CT molecular complexity index is 150. The highest BCUT2D eigenvalue weighted by Crippen LogP contribution is 2.25. The molecule has 16 heavy (non-hydrogen) atoms. The van der Waals surface area contributed by atoms with Gasteiger partial charge in [0.05, 0.1) is 0 Å². The van der Waals surface area contributed by atoms with E-state index in [1.54, 1.807) is 0 Å². The Morgan fingerprint density at radius 1 is 1.00 bits per heavy atom. The van der Waals surface area contributed by atoms with Crippen LogP contribution < -0.4 is 5.32 Å². The fourth-order valence-corrected chi connectivity index (χ4v) is 2.96. The summed E-state index contributed by atoms with van der Waals surface area (Å²) in [6, 6.07) is 0.855. The number of rotatable bonds is 9. The van der Waals surface area contributed by atoms with Gasteiger partial charge < -0.3 is 5.32 Å². The summed E-state index contributed by atoms with van der Waals surface area (Å²) < 4.78 is 0. The lowest BCUT2D eigenvalue weighted by atomic mass is 9.88. The lowest BCUT2D eigenvalue weighted by Gasteiger charge is -2.23. The van der Waals surface area contributed by atoms with Gasteiger partial charge in [-0.05, 0) is 38.1 Å².